The number of benzene rings is 2. The van der Waals surface area contributed by atoms with Crippen LogP contribution in [0, 0.1) is 6.92 Å². The van der Waals surface area contributed by atoms with Crippen LogP contribution in [-0.2, 0) is 0 Å². The van der Waals surface area contributed by atoms with Gasteiger partial charge in [-0.1, -0.05) is 22.0 Å². The Labute approximate surface area is 165 Å². The van der Waals surface area contributed by atoms with Gasteiger partial charge in [0.1, 0.15) is 0 Å². The Kier molecular flexibility index (Phi) is 4.61. The van der Waals surface area contributed by atoms with E-state index in [4.69, 9.17) is 9.47 Å². The number of aromatic nitrogens is 2. The lowest BCUT2D eigenvalue weighted by molar-refractivity contribution is 0.0939. The molecule has 3 aromatic rings. The summed E-state index contributed by atoms with van der Waals surface area (Å²) in [6.45, 7) is 4.05. The highest BCUT2D eigenvalue weighted by molar-refractivity contribution is 9.10. The highest BCUT2D eigenvalue weighted by Crippen LogP contribution is 2.34. The molecular formula is C20H18BrN3O3. The summed E-state index contributed by atoms with van der Waals surface area (Å²) in [7, 11) is 0. The first kappa shape index (κ1) is 17.6. The summed E-state index contributed by atoms with van der Waals surface area (Å²) in [5.41, 5.74) is 3.18. The van der Waals surface area contributed by atoms with Crippen LogP contribution in [0.5, 0.6) is 11.5 Å². The first-order chi connectivity index (χ1) is 13.0. The molecule has 1 aliphatic heterocycles. The van der Waals surface area contributed by atoms with Crippen LogP contribution in [0.25, 0.3) is 5.69 Å². The fourth-order valence-electron chi connectivity index (χ4n) is 3.02. The van der Waals surface area contributed by atoms with Gasteiger partial charge in [0.05, 0.1) is 29.2 Å². The lowest BCUT2D eigenvalue weighted by Crippen LogP contribution is -2.27. The van der Waals surface area contributed by atoms with Gasteiger partial charge in [-0.2, -0.15) is 5.10 Å². The van der Waals surface area contributed by atoms with Crippen molar-refractivity contribution in [3.05, 3.63) is 70.0 Å². The second-order valence-corrected chi connectivity index (χ2v) is 7.26. The number of ether oxygens (including phenoxy) is 2. The number of carbonyl (C=O) groups is 1. The number of amides is 1. The molecule has 27 heavy (non-hydrogen) atoms. The third-order valence-electron chi connectivity index (χ3n) is 4.57. The van der Waals surface area contributed by atoms with E-state index in [0.717, 1.165) is 27.2 Å². The van der Waals surface area contributed by atoms with E-state index in [-0.39, 0.29) is 18.7 Å². The van der Waals surface area contributed by atoms with Crippen LogP contribution in [0.3, 0.4) is 0 Å². The molecule has 1 amide bonds. The first-order valence-corrected chi connectivity index (χ1v) is 9.33. The van der Waals surface area contributed by atoms with Crippen LogP contribution in [-0.4, -0.2) is 22.5 Å². The summed E-state index contributed by atoms with van der Waals surface area (Å²) in [5.74, 6) is 1.26. The Balaban J connectivity index is 1.52. The average Bonchev–Trinajstić information content (AvgIpc) is 3.28. The lowest BCUT2D eigenvalue weighted by Gasteiger charge is -2.15. The number of rotatable bonds is 4. The number of halogens is 1. The van der Waals surface area contributed by atoms with E-state index < -0.39 is 0 Å². The van der Waals surface area contributed by atoms with E-state index in [1.165, 1.54) is 0 Å². The van der Waals surface area contributed by atoms with E-state index in [9.17, 15) is 4.79 Å². The summed E-state index contributed by atoms with van der Waals surface area (Å²) in [6.07, 6.45) is 1.60. The van der Waals surface area contributed by atoms with Gasteiger partial charge in [0, 0.05) is 4.47 Å². The quantitative estimate of drug-likeness (QED) is 0.678. The molecular weight excluding hydrogens is 410 g/mol. The van der Waals surface area contributed by atoms with Crippen molar-refractivity contribution in [2.45, 2.75) is 19.9 Å². The van der Waals surface area contributed by atoms with E-state index >= 15 is 0 Å². The summed E-state index contributed by atoms with van der Waals surface area (Å²) in [6, 6.07) is 13.3. The number of hydrogen-bond acceptors (Lipinski definition) is 4. The number of hydrogen-bond donors (Lipinski definition) is 1. The summed E-state index contributed by atoms with van der Waals surface area (Å²) in [4.78, 5) is 12.8. The summed E-state index contributed by atoms with van der Waals surface area (Å²) in [5, 5.41) is 7.39. The maximum atomic E-state index is 12.8. The van der Waals surface area contributed by atoms with Gasteiger partial charge in [0.25, 0.3) is 5.91 Å². The normalized spacial score (nSPS) is 13.4. The fraction of sp³-hybridized carbons (Fsp3) is 0.200. The highest BCUT2D eigenvalue weighted by Gasteiger charge is 2.20. The zero-order valence-corrected chi connectivity index (χ0v) is 16.5. The standard InChI is InChI=1S/C20H18BrN3O3/c1-12(14-3-8-18-19(9-14)27-11-26-18)23-20(25)17-10-22-24(13(17)2)16-6-4-15(21)5-7-16/h3-10,12H,11H2,1-2H3,(H,23,25). The third kappa shape index (κ3) is 3.42. The van der Waals surface area contributed by atoms with E-state index in [1.807, 2.05) is 56.3 Å². The van der Waals surface area contributed by atoms with Crippen molar-refractivity contribution in [2.75, 3.05) is 6.79 Å². The Morgan fingerprint density at radius 1 is 1.19 bits per heavy atom. The molecule has 4 rings (SSSR count). The SMILES string of the molecule is Cc1c(C(=O)NC(C)c2ccc3c(c2)OCO3)cnn1-c1ccc(Br)cc1. The molecule has 138 valence electrons. The zero-order chi connectivity index (χ0) is 19.0. The first-order valence-electron chi connectivity index (χ1n) is 8.54. The van der Waals surface area contributed by atoms with Crippen LogP contribution >= 0.6 is 15.9 Å². The monoisotopic (exact) mass is 427 g/mol. The van der Waals surface area contributed by atoms with Crippen molar-refractivity contribution < 1.29 is 14.3 Å². The maximum Gasteiger partial charge on any atom is 0.255 e. The van der Waals surface area contributed by atoms with Crippen molar-refractivity contribution in [3.8, 4) is 17.2 Å². The molecule has 0 fully saturated rings. The molecule has 0 saturated carbocycles. The van der Waals surface area contributed by atoms with Gasteiger partial charge in [0.2, 0.25) is 6.79 Å². The van der Waals surface area contributed by atoms with Crippen LogP contribution < -0.4 is 14.8 Å². The largest absolute Gasteiger partial charge is 0.454 e. The molecule has 2 heterocycles. The molecule has 1 aromatic heterocycles. The van der Waals surface area contributed by atoms with Crippen LogP contribution in [0.1, 0.15) is 34.6 Å². The molecule has 2 aromatic carbocycles. The third-order valence-corrected chi connectivity index (χ3v) is 5.10. The van der Waals surface area contributed by atoms with E-state index in [0.29, 0.717) is 11.3 Å². The zero-order valence-electron chi connectivity index (χ0n) is 14.9. The van der Waals surface area contributed by atoms with Gasteiger partial charge >= 0.3 is 0 Å². The summed E-state index contributed by atoms with van der Waals surface area (Å²) >= 11 is 3.42. The van der Waals surface area contributed by atoms with Crippen molar-refractivity contribution in [1.82, 2.24) is 15.1 Å². The smallest absolute Gasteiger partial charge is 0.255 e. The molecule has 1 aliphatic rings. The topological polar surface area (TPSA) is 65.4 Å². The molecule has 0 radical (unpaired) electrons. The molecule has 1 N–H and O–H groups in total. The second kappa shape index (κ2) is 7.08. The lowest BCUT2D eigenvalue weighted by atomic mass is 10.1. The average molecular weight is 428 g/mol. The fourth-order valence-corrected chi connectivity index (χ4v) is 3.28. The van der Waals surface area contributed by atoms with Gasteiger partial charge in [-0.3, -0.25) is 4.79 Å². The van der Waals surface area contributed by atoms with Crippen LogP contribution in [0.2, 0.25) is 0 Å². The van der Waals surface area contributed by atoms with Gasteiger partial charge in [-0.25, -0.2) is 4.68 Å². The maximum absolute atomic E-state index is 12.8. The predicted molar refractivity (Wildman–Crippen MR) is 104 cm³/mol. The van der Waals surface area contributed by atoms with Crippen LogP contribution in [0.15, 0.2) is 53.1 Å². The number of nitrogens with zero attached hydrogens (tertiary/aromatic N) is 2. The summed E-state index contributed by atoms with van der Waals surface area (Å²) < 4.78 is 13.5. The number of carbonyl (C=O) groups excluding carboxylic acids is 1. The van der Waals surface area contributed by atoms with Crippen molar-refractivity contribution in [2.24, 2.45) is 0 Å². The highest BCUT2D eigenvalue weighted by atomic mass is 79.9. The molecule has 7 heteroatoms. The number of nitrogens with one attached hydrogen (secondary N) is 1. The van der Waals surface area contributed by atoms with Gasteiger partial charge in [0.15, 0.2) is 11.5 Å². The Morgan fingerprint density at radius 2 is 1.93 bits per heavy atom. The van der Waals surface area contributed by atoms with Crippen molar-refractivity contribution in [1.29, 1.82) is 0 Å². The molecule has 0 spiro atoms. The van der Waals surface area contributed by atoms with E-state index in [1.54, 1.807) is 10.9 Å². The minimum absolute atomic E-state index is 0.166. The predicted octanol–water partition coefficient (Wildman–Crippen LogP) is 4.16. The number of fused-ring (bicyclic) bond motifs is 1. The van der Waals surface area contributed by atoms with Gasteiger partial charge in [-0.05, 0) is 55.8 Å². The Hall–Kier alpha value is -2.80. The molecule has 6 nitrogen and oxygen atoms in total. The second-order valence-electron chi connectivity index (χ2n) is 6.34. The molecule has 0 saturated heterocycles. The molecule has 0 bridgehead atoms. The van der Waals surface area contributed by atoms with Crippen LogP contribution in [0.4, 0.5) is 0 Å². The Morgan fingerprint density at radius 3 is 2.70 bits per heavy atom. The minimum atomic E-state index is -0.178. The van der Waals surface area contributed by atoms with Crippen molar-refractivity contribution in [3.63, 3.8) is 0 Å². The van der Waals surface area contributed by atoms with E-state index in [2.05, 4.69) is 26.3 Å². The molecule has 1 atom stereocenters. The molecule has 0 aliphatic carbocycles. The van der Waals surface area contributed by atoms with Gasteiger partial charge in [-0.15, -0.1) is 0 Å². The van der Waals surface area contributed by atoms with Gasteiger partial charge < -0.3 is 14.8 Å². The molecule has 1 unspecified atom stereocenters. The Bertz CT molecular complexity index is 998. The minimum Gasteiger partial charge on any atom is -0.454 e. The van der Waals surface area contributed by atoms with Crippen molar-refractivity contribution >= 4 is 21.8 Å².